The Balaban J connectivity index is 0.000000980. The number of H-pyrrole nitrogens is 1. The van der Waals surface area contributed by atoms with Crippen LogP contribution in [0.2, 0.25) is 0 Å². The average Bonchev–Trinajstić information content (AvgIpc) is 2.46. The van der Waals surface area contributed by atoms with Crippen LogP contribution in [0.15, 0.2) is 24.4 Å². The fourth-order valence-corrected chi connectivity index (χ4v) is 1.35. The zero-order valence-electron chi connectivity index (χ0n) is 7.69. The highest BCUT2D eigenvalue weighted by molar-refractivity contribution is 6.06. The lowest BCUT2D eigenvalue weighted by molar-refractivity contribution is 0.100. The lowest BCUT2D eigenvalue weighted by Gasteiger charge is -1.94. The number of fused-ring (bicyclic) bond motifs is 1. The van der Waals surface area contributed by atoms with Gasteiger partial charge in [-0.1, -0.05) is 0 Å². The van der Waals surface area contributed by atoms with Crippen molar-refractivity contribution < 1.29 is 4.79 Å². The van der Waals surface area contributed by atoms with Crippen molar-refractivity contribution in [2.75, 3.05) is 5.73 Å². The summed E-state index contributed by atoms with van der Waals surface area (Å²) in [6.45, 7) is 0. The average molecular weight is 248 g/mol. The number of aromatic amines is 1. The molecule has 1 amide bonds. The highest BCUT2D eigenvalue weighted by Crippen LogP contribution is 2.19. The van der Waals surface area contributed by atoms with Crippen LogP contribution in [0.1, 0.15) is 10.4 Å². The molecular formula is C9H11Cl2N3O. The van der Waals surface area contributed by atoms with Gasteiger partial charge in [-0.15, -0.1) is 24.8 Å². The fourth-order valence-electron chi connectivity index (χ4n) is 1.35. The molecule has 0 saturated carbocycles. The van der Waals surface area contributed by atoms with E-state index >= 15 is 0 Å². The van der Waals surface area contributed by atoms with Gasteiger partial charge in [0.1, 0.15) is 0 Å². The summed E-state index contributed by atoms with van der Waals surface area (Å²) in [7, 11) is 0. The molecule has 0 fully saturated rings. The monoisotopic (exact) mass is 247 g/mol. The molecule has 2 aromatic rings. The Morgan fingerprint density at radius 1 is 1.27 bits per heavy atom. The Kier molecular flexibility index (Phi) is 4.45. The molecule has 5 N–H and O–H groups in total. The lowest BCUT2D eigenvalue weighted by Crippen LogP contribution is -2.09. The summed E-state index contributed by atoms with van der Waals surface area (Å²) < 4.78 is 0. The number of nitrogens with one attached hydrogen (secondary N) is 1. The Hall–Kier alpha value is -1.39. The van der Waals surface area contributed by atoms with E-state index in [2.05, 4.69) is 4.98 Å². The molecule has 6 heteroatoms. The number of benzene rings is 1. The number of aromatic nitrogens is 1. The summed E-state index contributed by atoms with van der Waals surface area (Å²) in [6.07, 6.45) is 1.59. The second kappa shape index (κ2) is 4.91. The Labute approximate surface area is 98.8 Å². The van der Waals surface area contributed by atoms with Crippen LogP contribution in [0.5, 0.6) is 0 Å². The Bertz CT molecular complexity index is 481. The third-order valence-corrected chi connectivity index (χ3v) is 1.97. The molecule has 0 aliphatic carbocycles. The van der Waals surface area contributed by atoms with Gasteiger partial charge in [-0.25, -0.2) is 0 Å². The van der Waals surface area contributed by atoms with Gasteiger partial charge in [0, 0.05) is 22.8 Å². The molecule has 82 valence electrons. The minimum absolute atomic E-state index is 0. The number of halogens is 2. The van der Waals surface area contributed by atoms with Gasteiger partial charge in [-0.05, 0) is 18.2 Å². The molecule has 0 aliphatic heterocycles. The first-order valence-electron chi connectivity index (χ1n) is 3.85. The number of amides is 1. The predicted molar refractivity (Wildman–Crippen MR) is 65.7 cm³/mol. The first kappa shape index (κ1) is 13.6. The Morgan fingerprint density at radius 3 is 2.53 bits per heavy atom. The highest BCUT2D eigenvalue weighted by Gasteiger charge is 2.07. The predicted octanol–water partition coefficient (Wildman–Crippen LogP) is 1.69. The summed E-state index contributed by atoms with van der Waals surface area (Å²) in [5.41, 5.74) is 12.7. The molecular weight excluding hydrogens is 237 g/mol. The van der Waals surface area contributed by atoms with Gasteiger partial charge >= 0.3 is 0 Å². The molecule has 1 heterocycles. The first-order chi connectivity index (χ1) is 6.18. The molecule has 1 aromatic heterocycles. The van der Waals surface area contributed by atoms with Crippen LogP contribution in [0, 0.1) is 0 Å². The normalized spacial score (nSPS) is 9.07. The van der Waals surface area contributed by atoms with Gasteiger partial charge in [0.15, 0.2) is 0 Å². The van der Waals surface area contributed by atoms with E-state index in [-0.39, 0.29) is 24.8 Å². The zero-order valence-corrected chi connectivity index (χ0v) is 9.32. The molecule has 15 heavy (non-hydrogen) atoms. The SMILES string of the molecule is Cl.Cl.NC(=O)c1c[nH]c2cc(N)ccc12. The van der Waals surface area contributed by atoms with Crippen molar-refractivity contribution in [3.63, 3.8) is 0 Å². The number of carbonyl (C=O) groups excluding carboxylic acids is 1. The third kappa shape index (κ3) is 2.34. The molecule has 0 unspecified atom stereocenters. The lowest BCUT2D eigenvalue weighted by atomic mass is 10.1. The van der Waals surface area contributed by atoms with E-state index in [0.29, 0.717) is 11.3 Å². The van der Waals surface area contributed by atoms with Gasteiger partial charge in [0.2, 0.25) is 0 Å². The van der Waals surface area contributed by atoms with E-state index in [1.54, 1.807) is 24.4 Å². The van der Waals surface area contributed by atoms with E-state index in [1.165, 1.54) is 0 Å². The smallest absolute Gasteiger partial charge is 0.250 e. The van der Waals surface area contributed by atoms with Crippen molar-refractivity contribution in [2.24, 2.45) is 5.73 Å². The van der Waals surface area contributed by atoms with E-state index < -0.39 is 5.91 Å². The minimum atomic E-state index is -0.434. The van der Waals surface area contributed by atoms with E-state index in [1.807, 2.05) is 0 Å². The molecule has 4 nitrogen and oxygen atoms in total. The maximum atomic E-state index is 10.9. The number of hydrogen-bond donors (Lipinski definition) is 3. The fraction of sp³-hybridized carbons (Fsp3) is 0. The number of anilines is 1. The number of primary amides is 1. The molecule has 0 bridgehead atoms. The van der Waals surface area contributed by atoms with E-state index in [0.717, 1.165) is 10.9 Å². The van der Waals surface area contributed by atoms with Crippen molar-refractivity contribution in [1.82, 2.24) is 4.98 Å². The van der Waals surface area contributed by atoms with Crippen LogP contribution in [0.25, 0.3) is 10.9 Å². The summed E-state index contributed by atoms with van der Waals surface area (Å²) in [4.78, 5) is 13.9. The van der Waals surface area contributed by atoms with Crippen LogP contribution >= 0.6 is 24.8 Å². The van der Waals surface area contributed by atoms with Crippen molar-refractivity contribution in [1.29, 1.82) is 0 Å². The van der Waals surface area contributed by atoms with Crippen LogP contribution in [-0.2, 0) is 0 Å². The van der Waals surface area contributed by atoms with Gasteiger partial charge in [0.25, 0.3) is 5.91 Å². The van der Waals surface area contributed by atoms with Gasteiger partial charge < -0.3 is 16.5 Å². The van der Waals surface area contributed by atoms with E-state index in [4.69, 9.17) is 11.5 Å². The quantitative estimate of drug-likeness (QED) is 0.671. The minimum Gasteiger partial charge on any atom is -0.399 e. The molecule has 0 saturated heterocycles. The van der Waals surface area contributed by atoms with Crippen LogP contribution in [0.3, 0.4) is 0 Å². The second-order valence-electron chi connectivity index (χ2n) is 2.87. The number of nitrogens with two attached hydrogens (primary N) is 2. The molecule has 0 spiro atoms. The number of carbonyl (C=O) groups is 1. The highest BCUT2D eigenvalue weighted by atomic mass is 35.5. The summed E-state index contributed by atoms with van der Waals surface area (Å²) >= 11 is 0. The van der Waals surface area contributed by atoms with Crippen molar-refractivity contribution in [3.05, 3.63) is 30.0 Å². The topological polar surface area (TPSA) is 84.9 Å². The standard InChI is InChI=1S/C9H9N3O.2ClH/c10-5-1-2-6-7(9(11)13)4-12-8(6)3-5;;/h1-4,12H,10H2,(H2,11,13);2*1H. The van der Waals surface area contributed by atoms with Gasteiger partial charge in [0.05, 0.1) is 5.56 Å². The summed E-state index contributed by atoms with van der Waals surface area (Å²) in [5, 5.41) is 0.807. The zero-order chi connectivity index (χ0) is 9.42. The summed E-state index contributed by atoms with van der Waals surface area (Å²) in [6, 6.07) is 5.28. The molecule has 1 aromatic carbocycles. The number of nitrogen functional groups attached to an aromatic ring is 1. The molecule has 0 atom stereocenters. The second-order valence-corrected chi connectivity index (χ2v) is 2.87. The molecule has 0 radical (unpaired) electrons. The van der Waals surface area contributed by atoms with E-state index in [9.17, 15) is 4.79 Å². The third-order valence-electron chi connectivity index (χ3n) is 1.97. The van der Waals surface area contributed by atoms with Crippen LogP contribution < -0.4 is 11.5 Å². The van der Waals surface area contributed by atoms with Crippen LogP contribution in [0.4, 0.5) is 5.69 Å². The summed E-state index contributed by atoms with van der Waals surface area (Å²) in [5.74, 6) is -0.434. The van der Waals surface area contributed by atoms with Crippen molar-refractivity contribution in [3.8, 4) is 0 Å². The van der Waals surface area contributed by atoms with Crippen LogP contribution in [-0.4, -0.2) is 10.9 Å². The number of rotatable bonds is 1. The van der Waals surface area contributed by atoms with Gasteiger partial charge in [-0.3, -0.25) is 4.79 Å². The number of hydrogen-bond acceptors (Lipinski definition) is 2. The molecule has 0 aliphatic rings. The largest absolute Gasteiger partial charge is 0.399 e. The maximum Gasteiger partial charge on any atom is 0.250 e. The van der Waals surface area contributed by atoms with Gasteiger partial charge in [-0.2, -0.15) is 0 Å². The van der Waals surface area contributed by atoms with Crippen molar-refractivity contribution >= 4 is 47.3 Å². The first-order valence-corrected chi connectivity index (χ1v) is 3.85. The van der Waals surface area contributed by atoms with Crippen molar-refractivity contribution in [2.45, 2.75) is 0 Å². The Morgan fingerprint density at radius 2 is 1.93 bits per heavy atom. The maximum absolute atomic E-state index is 10.9. The molecule has 2 rings (SSSR count).